The van der Waals surface area contributed by atoms with Crippen LogP contribution in [0.3, 0.4) is 0 Å². The fourth-order valence-corrected chi connectivity index (χ4v) is 2.15. The first kappa shape index (κ1) is 9.68. The van der Waals surface area contributed by atoms with E-state index in [1.807, 2.05) is 16.8 Å². The number of nitrogens with two attached hydrogens (primary N) is 1. The van der Waals surface area contributed by atoms with Gasteiger partial charge in [-0.1, -0.05) is 6.07 Å². The maximum atomic E-state index is 5.57. The highest BCUT2D eigenvalue weighted by Gasteiger charge is 2.07. The molecule has 1 heterocycles. The van der Waals surface area contributed by atoms with Gasteiger partial charge in [-0.2, -0.15) is 5.10 Å². The fraction of sp³-hybridized carbons (Fsp3) is 0.300. The van der Waals surface area contributed by atoms with Gasteiger partial charge in [-0.05, 0) is 40.5 Å². The smallest absolute Gasteiger partial charge is 0.111 e. The maximum Gasteiger partial charge on any atom is 0.111 e. The van der Waals surface area contributed by atoms with Crippen LogP contribution in [0.4, 0.5) is 0 Å². The molecule has 0 aliphatic rings. The number of rotatable bonds is 2. The minimum absolute atomic E-state index is 0.562. The summed E-state index contributed by atoms with van der Waals surface area (Å²) in [4.78, 5) is 0. The van der Waals surface area contributed by atoms with Gasteiger partial charge in [0.05, 0.1) is 5.52 Å². The topological polar surface area (TPSA) is 43.8 Å². The molecule has 0 fully saturated rings. The average molecular weight is 254 g/mol. The molecule has 2 rings (SSSR count). The van der Waals surface area contributed by atoms with Gasteiger partial charge in [-0.15, -0.1) is 0 Å². The van der Waals surface area contributed by atoms with Crippen LogP contribution in [0.1, 0.15) is 12.5 Å². The van der Waals surface area contributed by atoms with Gasteiger partial charge < -0.3 is 5.73 Å². The van der Waals surface area contributed by atoms with Gasteiger partial charge >= 0.3 is 0 Å². The molecule has 0 unspecified atom stereocenters. The standard InChI is InChI=1S/C10H12BrN3/c1-2-14-10(11)8-4-3-7(6-12)5-9(8)13-14/h3-5H,2,6,12H2,1H3. The molecule has 0 saturated heterocycles. The Kier molecular flexibility index (Phi) is 2.56. The van der Waals surface area contributed by atoms with Crippen molar-refractivity contribution in [1.82, 2.24) is 9.78 Å². The summed E-state index contributed by atoms with van der Waals surface area (Å²) in [5.41, 5.74) is 7.69. The number of nitrogens with zero attached hydrogens (tertiary/aromatic N) is 2. The molecular weight excluding hydrogens is 242 g/mol. The minimum atomic E-state index is 0.562. The molecule has 2 aromatic rings. The molecule has 3 nitrogen and oxygen atoms in total. The van der Waals surface area contributed by atoms with Gasteiger partial charge in [0.15, 0.2) is 0 Å². The zero-order valence-electron chi connectivity index (χ0n) is 8.00. The molecule has 74 valence electrons. The Morgan fingerprint density at radius 3 is 2.93 bits per heavy atom. The van der Waals surface area contributed by atoms with Crippen molar-refractivity contribution in [2.75, 3.05) is 0 Å². The zero-order chi connectivity index (χ0) is 10.1. The Bertz CT molecular complexity index is 462. The number of aryl methyl sites for hydroxylation is 1. The van der Waals surface area contributed by atoms with Crippen LogP contribution in [0.15, 0.2) is 22.8 Å². The summed E-state index contributed by atoms with van der Waals surface area (Å²) in [6.45, 7) is 3.50. The molecule has 0 aliphatic heterocycles. The number of fused-ring (bicyclic) bond motifs is 1. The largest absolute Gasteiger partial charge is 0.326 e. The van der Waals surface area contributed by atoms with E-state index >= 15 is 0 Å². The first-order valence-electron chi connectivity index (χ1n) is 4.61. The quantitative estimate of drug-likeness (QED) is 0.893. The number of hydrogen-bond acceptors (Lipinski definition) is 2. The SMILES string of the molecule is CCn1nc2cc(CN)ccc2c1Br. The van der Waals surface area contributed by atoms with Gasteiger partial charge in [0.2, 0.25) is 0 Å². The summed E-state index contributed by atoms with van der Waals surface area (Å²) >= 11 is 3.53. The highest BCUT2D eigenvalue weighted by molar-refractivity contribution is 9.10. The van der Waals surface area contributed by atoms with Crippen molar-refractivity contribution in [3.05, 3.63) is 28.4 Å². The monoisotopic (exact) mass is 253 g/mol. The molecule has 0 atom stereocenters. The van der Waals surface area contributed by atoms with E-state index in [0.717, 1.165) is 27.6 Å². The third-order valence-corrected chi connectivity index (χ3v) is 3.11. The molecule has 0 aliphatic carbocycles. The Morgan fingerprint density at radius 2 is 2.29 bits per heavy atom. The van der Waals surface area contributed by atoms with Crippen LogP contribution in [-0.2, 0) is 13.1 Å². The third-order valence-electron chi connectivity index (χ3n) is 2.27. The van der Waals surface area contributed by atoms with E-state index in [1.165, 1.54) is 0 Å². The van der Waals surface area contributed by atoms with Crippen LogP contribution in [-0.4, -0.2) is 9.78 Å². The molecular formula is C10H12BrN3. The second kappa shape index (κ2) is 3.71. The summed E-state index contributed by atoms with van der Waals surface area (Å²) in [6, 6.07) is 6.13. The number of aromatic nitrogens is 2. The van der Waals surface area contributed by atoms with E-state index < -0.39 is 0 Å². The van der Waals surface area contributed by atoms with Crippen molar-refractivity contribution in [3.63, 3.8) is 0 Å². The van der Waals surface area contributed by atoms with Crippen molar-refractivity contribution in [1.29, 1.82) is 0 Å². The lowest BCUT2D eigenvalue weighted by atomic mass is 10.2. The van der Waals surface area contributed by atoms with Crippen LogP contribution in [0.2, 0.25) is 0 Å². The Labute approximate surface area is 91.0 Å². The maximum absolute atomic E-state index is 5.57. The summed E-state index contributed by atoms with van der Waals surface area (Å²) in [5.74, 6) is 0. The van der Waals surface area contributed by atoms with Crippen molar-refractivity contribution < 1.29 is 0 Å². The second-order valence-corrected chi connectivity index (χ2v) is 3.91. The van der Waals surface area contributed by atoms with Crippen LogP contribution in [0.25, 0.3) is 10.9 Å². The van der Waals surface area contributed by atoms with Gasteiger partial charge in [0.1, 0.15) is 4.60 Å². The van der Waals surface area contributed by atoms with Gasteiger partial charge in [-0.3, -0.25) is 4.68 Å². The molecule has 1 aromatic heterocycles. The van der Waals surface area contributed by atoms with Crippen molar-refractivity contribution >= 4 is 26.8 Å². The molecule has 1 aromatic carbocycles. The normalized spacial score (nSPS) is 11.1. The Balaban J connectivity index is 2.66. The van der Waals surface area contributed by atoms with Crippen molar-refractivity contribution in [3.8, 4) is 0 Å². The molecule has 0 radical (unpaired) electrons. The number of benzene rings is 1. The second-order valence-electron chi connectivity index (χ2n) is 3.16. The van der Waals surface area contributed by atoms with Gasteiger partial charge in [-0.25, -0.2) is 0 Å². The third kappa shape index (κ3) is 1.44. The van der Waals surface area contributed by atoms with E-state index in [0.29, 0.717) is 6.54 Å². The van der Waals surface area contributed by atoms with Crippen LogP contribution < -0.4 is 5.73 Å². The zero-order valence-corrected chi connectivity index (χ0v) is 9.58. The lowest BCUT2D eigenvalue weighted by Gasteiger charge is -1.95. The summed E-state index contributed by atoms with van der Waals surface area (Å²) in [7, 11) is 0. The first-order valence-corrected chi connectivity index (χ1v) is 5.40. The summed E-state index contributed by atoms with van der Waals surface area (Å²) in [5, 5.41) is 5.60. The van der Waals surface area contributed by atoms with Crippen LogP contribution in [0.5, 0.6) is 0 Å². The van der Waals surface area contributed by atoms with E-state index in [4.69, 9.17) is 5.73 Å². The molecule has 2 N–H and O–H groups in total. The number of halogens is 1. The van der Waals surface area contributed by atoms with Gasteiger partial charge in [0, 0.05) is 18.5 Å². The number of hydrogen-bond donors (Lipinski definition) is 1. The molecule has 0 amide bonds. The van der Waals surface area contributed by atoms with E-state index in [9.17, 15) is 0 Å². The fourth-order valence-electron chi connectivity index (χ4n) is 1.48. The highest BCUT2D eigenvalue weighted by atomic mass is 79.9. The Morgan fingerprint density at radius 1 is 1.50 bits per heavy atom. The summed E-state index contributed by atoms with van der Waals surface area (Å²) in [6.07, 6.45) is 0. The molecule has 0 spiro atoms. The summed E-state index contributed by atoms with van der Waals surface area (Å²) < 4.78 is 2.98. The van der Waals surface area contributed by atoms with E-state index in [-0.39, 0.29) is 0 Å². The van der Waals surface area contributed by atoms with E-state index in [1.54, 1.807) is 0 Å². The molecule has 0 saturated carbocycles. The van der Waals surface area contributed by atoms with Crippen LogP contribution >= 0.6 is 15.9 Å². The van der Waals surface area contributed by atoms with Crippen molar-refractivity contribution in [2.24, 2.45) is 5.73 Å². The lowest BCUT2D eigenvalue weighted by molar-refractivity contribution is 0.653. The predicted molar refractivity (Wildman–Crippen MR) is 61.0 cm³/mol. The highest BCUT2D eigenvalue weighted by Crippen LogP contribution is 2.24. The minimum Gasteiger partial charge on any atom is -0.326 e. The van der Waals surface area contributed by atoms with Crippen LogP contribution in [0, 0.1) is 0 Å². The molecule has 14 heavy (non-hydrogen) atoms. The average Bonchev–Trinajstić information content (AvgIpc) is 2.55. The van der Waals surface area contributed by atoms with Gasteiger partial charge in [0.25, 0.3) is 0 Å². The van der Waals surface area contributed by atoms with Crippen molar-refractivity contribution in [2.45, 2.75) is 20.0 Å². The Hall–Kier alpha value is -0.870. The first-order chi connectivity index (χ1) is 6.76. The lowest BCUT2D eigenvalue weighted by Crippen LogP contribution is -1.96. The molecule has 4 heteroatoms. The van der Waals surface area contributed by atoms with E-state index in [2.05, 4.69) is 34.0 Å². The molecule has 0 bridgehead atoms. The predicted octanol–water partition coefficient (Wildman–Crippen LogP) is 2.28.